The van der Waals surface area contributed by atoms with Crippen LogP contribution in [-0.2, 0) is 16.0 Å². The first-order chi connectivity index (χ1) is 13.0. The number of nitrogens with zero attached hydrogens (tertiary/aromatic N) is 1. The van der Waals surface area contributed by atoms with E-state index in [0.717, 1.165) is 22.5 Å². The summed E-state index contributed by atoms with van der Waals surface area (Å²) in [6.45, 7) is 0. The van der Waals surface area contributed by atoms with Gasteiger partial charge < -0.3 is 15.5 Å². The predicted octanol–water partition coefficient (Wildman–Crippen LogP) is 3.59. The molecule has 0 saturated heterocycles. The highest BCUT2D eigenvalue weighted by Gasteiger charge is 2.07. The van der Waals surface area contributed by atoms with Crippen molar-refractivity contribution in [3.63, 3.8) is 0 Å². The maximum absolute atomic E-state index is 11.3. The van der Waals surface area contributed by atoms with Crippen molar-refractivity contribution in [2.45, 2.75) is 12.8 Å². The number of hydrogen-bond acceptors (Lipinski definition) is 4. The molecule has 4 N–H and O–H groups in total. The molecule has 0 radical (unpaired) electrons. The number of amidine groups is 1. The first-order valence-corrected chi connectivity index (χ1v) is 8.81. The summed E-state index contributed by atoms with van der Waals surface area (Å²) in [6.07, 6.45) is 2.94. The Bertz CT molecular complexity index is 1020. The van der Waals surface area contributed by atoms with Crippen molar-refractivity contribution in [1.29, 1.82) is 5.41 Å². The van der Waals surface area contributed by atoms with Gasteiger partial charge in [0, 0.05) is 23.9 Å². The lowest BCUT2D eigenvalue weighted by molar-refractivity contribution is -0.140. The van der Waals surface area contributed by atoms with Gasteiger partial charge in [0.15, 0.2) is 4.77 Å². The van der Waals surface area contributed by atoms with E-state index in [2.05, 4.69) is 9.72 Å². The molecule has 2 aromatic carbocycles. The number of esters is 1. The molecule has 0 atom stereocenters. The third-order valence-corrected chi connectivity index (χ3v) is 4.58. The zero-order valence-electron chi connectivity index (χ0n) is 14.9. The number of rotatable bonds is 6. The van der Waals surface area contributed by atoms with Crippen LogP contribution in [0, 0.1) is 10.2 Å². The quantitative estimate of drug-likeness (QED) is 0.263. The highest BCUT2D eigenvalue weighted by Crippen LogP contribution is 2.21. The number of hydrogen-bond donors (Lipinski definition) is 3. The van der Waals surface area contributed by atoms with Gasteiger partial charge in [0.1, 0.15) is 5.84 Å². The standard InChI is InChI=1S/C20H20N4O2S/c1-26-18(25)11-4-13-2-9-16(10-3-13)24-12-17(23-20(24)27)14-5-7-15(8-6-14)19(21)22/h2-3,5-10,12H,4,11H2,1H3,(H3,21,22)(H,23,27). The molecule has 0 saturated carbocycles. The van der Waals surface area contributed by atoms with E-state index in [4.69, 9.17) is 23.4 Å². The van der Waals surface area contributed by atoms with E-state index in [1.807, 2.05) is 59.3 Å². The molecule has 1 heterocycles. The van der Waals surface area contributed by atoms with Gasteiger partial charge in [-0.1, -0.05) is 36.4 Å². The monoisotopic (exact) mass is 380 g/mol. The number of H-pyrrole nitrogens is 1. The molecule has 0 amide bonds. The second-order valence-electron chi connectivity index (χ2n) is 6.08. The van der Waals surface area contributed by atoms with Gasteiger partial charge in [-0.05, 0) is 41.9 Å². The number of aryl methyl sites for hydroxylation is 1. The minimum atomic E-state index is -0.215. The molecule has 3 rings (SSSR count). The molecule has 0 aliphatic rings. The van der Waals surface area contributed by atoms with Gasteiger partial charge in [-0.25, -0.2) is 0 Å². The molecule has 0 fully saturated rings. The number of aromatic amines is 1. The topological polar surface area (TPSA) is 96.9 Å². The first-order valence-electron chi connectivity index (χ1n) is 8.40. The number of nitrogens with one attached hydrogen (secondary N) is 2. The third-order valence-electron chi connectivity index (χ3n) is 4.29. The Hall–Kier alpha value is -3.19. The fourth-order valence-corrected chi connectivity index (χ4v) is 3.00. The van der Waals surface area contributed by atoms with Gasteiger partial charge in [-0.2, -0.15) is 0 Å². The van der Waals surface area contributed by atoms with Crippen LogP contribution in [0.1, 0.15) is 17.5 Å². The Kier molecular flexibility index (Phi) is 5.52. The summed E-state index contributed by atoms with van der Waals surface area (Å²) in [5.74, 6) is -0.174. The minimum Gasteiger partial charge on any atom is -0.469 e. The van der Waals surface area contributed by atoms with Gasteiger partial charge >= 0.3 is 5.97 Å². The van der Waals surface area contributed by atoms with E-state index in [1.165, 1.54) is 7.11 Å². The van der Waals surface area contributed by atoms with Crippen molar-refractivity contribution in [1.82, 2.24) is 9.55 Å². The van der Waals surface area contributed by atoms with Crippen LogP contribution in [0.25, 0.3) is 16.9 Å². The molecule has 27 heavy (non-hydrogen) atoms. The maximum atomic E-state index is 11.3. The molecule has 3 aromatic rings. The van der Waals surface area contributed by atoms with Crippen LogP contribution in [0.4, 0.5) is 0 Å². The number of aromatic nitrogens is 2. The van der Waals surface area contributed by atoms with Crippen molar-refractivity contribution in [2.24, 2.45) is 5.73 Å². The first kappa shape index (κ1) is 18.6. The lowest BCUT2D eigenvalue weighted by atomic mass is 10.1. The fraction of sp³-hybridized carbons (Fsp3) is 0.150. The third kappa shape index (κ3) is 4.32. The molecule has 6 nitrogen and oxygen atoms in total. The summed E-state index contributed by atoms with van der Waals surface area (Å²) in [5, 5.41) is 7.47. The Morgan fingerprint density at radius 3 is 2.44 bits per heavy atom. The molecule has 0 unspecified atom stereocenters. The zero-order valence-corrected chi connectivity index (χ0v) is 15.7. The van der Waals surface area contributed by atoms with Gasteiger partial charge in [-0.15, -0.1) is 0 Å². The van der Waals surface area contributed by atoms with E-state index >= 15 is 0 Å². The lowest BCUT2D eigenvalue weighted by Gasteiger charge is -2.05. The molecule has 138 valence electrons. The Labute approximate surface area is 162 Å². The van der Waals surface area contributed by atoms with Crippen LogP contribution >= 0.6 is 12.2 Å². The maximum Gasteiger partial charge on any atom is 0.305 e. The number of nitrogens with two attached hydrogens (primary N) is 1. The van der Waals surface area contributed by atoms with Crippen molar-refractivity contribution < 1.29 is 9.53 Å². The van der Waals surface area contributed by atoms with Crippen LogP contribution in [0.15, 0.2) is 54.7 Å². The summed E-state index contributed by atoms with van der Waals surface area (Å²) in [4.78, 5) is 14.5. The normalized spacial score (nSPS) is 10.6. The molecule has 0 spiro atoms. The number of methoxy groups -OCH3 is 1. The van der Waals surface area contributed by atoms with Gasteiger partial charge in [0.2, 0.25) is 0 Å². The smallest absolute Gasteiger partial charge is 0.305 e. The molecule has 7 heteroatoms. The zero-order chi connectivity index (χ0) is 19.4. The number of carbonyl (C=O) groups is 1. The van der Waals surface area contributed by atoms with Crippen molar-refractivity contribution in [2.75, 3.05) is 7.11 Å². The van der Waals surface area contributed by atoms with E-state index in [9.17, 15) is 4.79 Å². The second kappa shape index (κ2) is 8.01. The fourth-order valence-electron chi connectivity index (χ4n) is 2.73. The summed E-state index contributed by atoms with van der Waals surface area (Å²) >= 11 is 5.45. The Balaban J connectivity index is 1.81. The van der Waals surface area contributed by atoms with Crippen molar-refractivity contribution in [3.05, 3.63) is 70.6 Å². The van der Waals surface area contributed by atoms with Gasteiger partial charge in [0.25, 0.3) is 0 Å². The minimum absolute atomic E-state index is 0.0411. The van der Waals surface area contributed by atoms with E-state index in [-0.39, 0.29) is 11.8 Å². The van der Waals surface area contributed by atoms with Gasteiger partial charge in [0.05, 0.1) is 12.8 Å². The Morgan fingerprint density at radius 2 is 1.85 bits per heavy atom. The number of imidazole rings is 1. The van der Waals surface area contributed by atoms with Crippen LogP contribution in [-0.4, -0.2) is 28.5 Å². The summed E-state index contributed by atoms with van der Waals surface area (Å²) in [5.41, 5.74) is 10.0. The van der Waals surface area contributed by atoms with Gasteiger partial charge in [-0.3, -0.25) is 14.8 Å². The largest absolute Gasteiger partial charge is 0.469 e. The molecular formula is C20H20N4O2S. The highest BCUT2D eigenvalue weighted by atomic mass is 32.1. The Morgan fingerprint density at radius 1 is 1.19 bits per heavy atom. The van der Waals surface area contributed by atoms with Crippen LogP contribution in [0.2, 0.25) is 0 Å². The number of nitrogen functional groups attached to an aromatic ring is 1. The second-order valence-corrected chi connectivity index (χ2v) is 6.46. The van der Waals surface area contributed by atoms with Crippen LogP contribution in [0.3, 0.4) is 0 Å². The summed E-state index contributed by atoms with van der Waals surface area (Å²) in [7, 11) is 1.39. The molecule has 0 aliphatic heterocycles. The van der Waals surface area contributed by atoms with E-state index in [0.29, 0.717) is 23.2 Å². The van der Waals surface area contributed by atoms with E-state index < -0.39 is 0 Å². The highest BCUT2D eigenvalue weighted by molar-refractivity contribution is 7.71. The molecular weight excluding hydrogens is 360 g/mol. The van der Waals surface area contributed by atoms with E-state index in [1.54, 1.807) is 0 Å². The average molecular weight is 380 g/mol. The summed E-state index contributed by atoms with van der Waals surface area (Å²) < 4.78 is 7.15. The molecule has 0 bridgehead atoms. The van der Waals surface area contributed by atoms with Crippen molar-refractivity contribution in [3.8, 4) is 16.9 Å². The van der Waals surface area contributed by atoms with Crippen molar-refractivity contribution >= 4 is 24.0 Å². The SMILES string of the molecule is COC(=O)CCc1ccc(-n2cc(-c3ccc(C(=N)N)cc3)[nH]c2=S)cc1. The molecule has 1 aromatic heterocycles. The number of ether oxygens (including phenoxy) is 1. The average Bonchev–Trinajstić information content (AvgIpc) is 3.08. The van der Waals surface area contributed by atoms with Crippen LogP contribution < -0.4 is 5.73 Å². The lowest BCUT2D eigenvalue weighted by Crippen LogP contribution is -2.10. The number of benzene rings is 2. The van der Waals surface area contributed by atoms with Crippen LogP contribution in [0.5, 0.6) is 0 Å². The number of carbonyl (C=O) groups excluding carboxylic acids is 1. The molecule has 0 aliphatic carbocycles. The summed E-state index contributed by atoms with van der Waals surface area (Å²) in [6, 6.07) is 15.3. The predicted molar refractivity (Wildman–Crippen MR) is 108 cm³/mol.